The van der Waals surface area contributed by atoms with Crippen LogP contribution >= 0.6 is 0 Å². The Morgan fingerprint density at radius 2 is 2.05 bits per heavy atom. The van der Waals surface area contributed by atoms with Gasteiger partial charge < -0.3 is 25.6 Å². The molecule has 108 valence electrons. The molecular formula is C14H18N2O4. The van der Waals surface area contributed by atoms with E-state index < -0.39 is 0 Å². The number of hydrogen-bond donors (Lipinski definition) is 3. The molecule has 2 aliphatic rings. The highest BCUT2D eigenvalue weighted by molar-refractivity contribution is 6.00. The van der Waals surface area contributed by atoms with E-state index in [1.807, 2.05) is 0 Å². The van der Waals surface area contributed by atoms with E-state index in [0.29, 0.717) is 29.3 Å². The lowest BCUT2D eigenvalue weighted by Gasteiger charge is -2.15. The molecule has 1 aromatic rings. The average molecular weight is 278 g/mol. The molecule has 0 unspecified atom stereocenters. The van der Waals surface area contributed by atoms with Gasteiger partial charge in [0.1, 0.15) is 0 Å². The fraction of sp³-hybridized carbons (Fsp3) is 0.500. The molecule has 4 N–H and O–H groups in total. The topological polar surface area (TPSA) is 93.8 Å². The number of nitrogen functional groups attached to an aromatic ring is 1. The van der Waals surface area contributed by atoms with E-state index in [2.05, 4.69) is 5.32 Å². The van der Waals surface area contributed by atoms with E-state index in [-0.39, 0.29) is 24.7 Å². The number of amides is 1. The molecular weight excluding hydrogens is 260 g/mol. The molecule has 1 aliphatic carbocycles. The van der Waals surface area contributed by atoms with Crippen molar-refractivity contribution in [3.8, 4) is 11.5 Å². The molecule has 20 heavy (non-hydrogen) atoms. The summed E-state index contributed by atoms with van der Waals surface area (Å²) in [5.41, 5.74) is 6.72. The Balaban J connectivity index is 1.68. The summed E-state index contributed by atoms with van der Waals surface area (Å²) in [6, 6.07) is 3.22. The SMILES string of the molecule is Nc1cc2c(cc1C(=O)NCC1(CCO)CC1)OCO2. The molecule has 1 aliphatic heterocycles. The number of fused-ring (bicyclic) bond motifs is 1. The number of aliphatic hydroxyl groups is 1. The maximum atomic E-state index is 12.2. The van der Waals surface area contributed by atoms with E-state index in [9.17, 15) is 4.79 Å². The highest BCUT2D eigenvalue weighted by Gasteiger charge is 2.42. The number of anilines is 1. The molecule has 0 radical (unpaired) electrons. The Kier molecular flexibility index (Phi) is 3.17. The second-order valence-electron chi connectivity index (χ2n) is 5.45. The fourth-order valence-electron chi connectivity index (χ4n) is 2.45. The summed E-state index contributed by atoms with van der Waals surface area (Å²) in [5, 5.41) is 11.9. The van der Waals surface area contributed by atoms with Gasteiger partial charge in [0.05, 0.1) is 5.56 Å². The first kappa shape index (κ1) is 13.1. The largest absolute Gasteiger partial charge is 0.454 e. The summed E-state index contributed by atoms with van der Waals surface area (Å²) in [5.74, 6) is 0.892. The van der Waals surface area contributed by atoms with Crippen molar-refractivity contribution < 1.29 is 19.4 Å². The third-order valence-corrected chi connectivity index (χ3v) is 4.01. The van der Waals surface area contributed by atoms with E-state index in [0.717, 1.165) is 19.3 Å². The Morgan fingerprint density at radius 1 is 1.35 bits per heavy atom. The molecule has 1 saturated carbocycles. The van der Waals surface area contributed by atoms with Crippen molar-refractivity contribution in [3.63, 3.8) is 0 Å². The van der Waals surface area contributed by atoms with Gasteiger partial charge in [0.15, 0.2) is 11.5 Å². The summed E-state index contributed by atoms with van der Waals surface area (Å²) in [6.07, 6.45) is 2.82. The van der Waals surface area contributed by atoms with Gasteiger partial charge in [-0.3, -0.25) is 4.79 Å². The number of nitrogens with one attached hydrogen (secondary N) is 1. The first-order valence-corrected chi connectivity index (χ1v) is 6.72. The second kappa shape index (κ2) is 4.86. The highest BCUT2D eigenvalue weighted by atomic mass is 16.7. The monoisotopic (exact) mass is 278 g/mol. The second-order valence-corrected chi connectivity index (χ2v) is 5.45. The number of rotatable bonds is 5. The first-order chi connectivity index (χ1) is 9.63. The summed E-state index contributed by atoms with van der Waals surface area (Å²) in [4.78, 5) is 12.2. The van der Waals surface area contributed by atoms with Crippen molar-refractivity contribution in [2.75, 3.05) is 25.7 Å². The minimum Gasteiger partial charge on any atom is -0.454 e. The van der Waals surface area contributed by atoms with Crippen LogP contribution in [0, 0.1) is 5.41 Å². The highest BCUT2D eigenvalue weighted by Crippen LogP contribution is 2.48. The Morgan fingerprint density at radius 3 is 2.70 bits per heavy atom. The van der Waals surface area contributed by atoms with Crippen LogP contribution in [-0.2, 0) is 0 Å². The van der Waals surface area contributed by atoms with Gasteiger partial charge in [0.2, 0.25) is 6.79 Å². The van der Waals surface area contributed by atoms with Gasteiger partial charge in [-0.25, -0.2) is 0 Å². The Labute approximate surface area is 116 Å². The van der Waals surface area contributed by atoms with E-state index in [1.165, 1.54) is 0 Å². The molecule has 1 heterocycles. The van der Waals surface area contributed by atoms with Crippen LogP contribution in [0.1, 0.15) is 29.6 Å². The minimum absolute atomic E-state index is 0.0789. The van der Waals surface area contributed by atoms with E-state index in [4.69, 9.17) is 20.3 Å². The van der Waals surface area contributed by atoms with Crippen molar-refractivity contribution >= 4 is 11.6 Å². The molecule has 3 rings (SSSR count). The van der Waals surface area contributed by atoms with Gasteiger partial charge in [0, 0.05) is 24.9 Å². The molecule has 1 fully saturated rings. The molecule has 0 atom stereocenters. The fourth-order valence-corrected chi connectivity index (χ4v) is 2.45. The van der Waals surface area contributed by atoms with Gasteiger partial charge in [0.25, 0.3) is 5.91 Å². The van der Waals surface area contributed by atoms with Crippen molar-refractivity contribution in [1.82, 2.24) is 5.32 Å². The van der Waals surface area contributed by atoms with Crippen LogP contribution in [-0.4, -0.2) is 31.0 Å². The van der Waals surface area contributed by atoms with Gasteiger partial charge >= 0.3 is 0 Å². The standard InChI is InChI=1S/C14H18N2O4/c15-10-6-12-11(19-8-20-12)5-9(10)13(18)16-7-14(1-2-14)3-4-17/h5-6,17H,1-4,7-8,15H2,(H,16,18). The number of carbonyl (C=O) groups excluding carboxylic acids is 1. The van der Waals surface area contributed by atoms with Crippen molar-refractivity contribution in [1.29, 1.82) is 0 Å². The van der Waals surface area contributed by atoms with Crippen molar-refractivity contribution in [2.45, 2.75) is 19.3 Å². The number of nitrogens with two attached hydrogens (primary N) is 1. The molecule has 1 aromatic carbocycles. The summed E-state index contributed by atoms with van der Waals surface area (Å²) < 4.78 is 10.5. The number of carbonyl (C=O) groups is 1. The quantitative estimate of drug-likeness (QED) is 0.695. The van der Waals surface area contributed by atoms with Crippen LogP contribution in [0.2, 0.25) is 0 Å². The summed E-state index contributed by atoms with van der Waals surface area (Å²) in [6.45, 7) is 0.877. The molecule has 0 spiro atoms. The van der Waals surface area contributed by atoms with E-state index in [1.54, 1.807) is 12.1 Å². The lowest BCUT2D eigenvalue weighted by atomic mass is 10.0. The number of aliphatic hydroxyl groups excluding tert-OH is 1. The molecule has 0 aromatic heterocycles. The molecule has 6 heteroatoms. The Hall–Kier alpha value is -1.95. The number of benzene rings is 1. The zero-order valence-electron chi connectivity index (χ0n) is 11.1. The van der Waals surface area contributed by atoms with Crippen molar-refractivity contribution in [2.24, 2.45) is 5.41 Å². The number of hydrogen-bond acceptors (Lipinski definition) is 5. The zero-order chi connectivity index (χ0) is 14.2. The van der Waals surface area contributed by atoms with Gasteiger partial charge in [-0.05, 0) is 30.7 Å². The molecule has 0 saturated heterocycles. The van der Waals surface area contributed by atoms with Crippen LogP contribution in [0.5, 0.6) is 11.5 Å². The van der Waals surface area contributed by atoms with E-state index >= 15 is 0 Å². The predicted octanol–water partition coefficient (Wildman–Crippen LogP) is 0.890. The van der Waals surface area contributed by atoms with Gasteiger partial charge in [-0.15, -0.1) is 0 Å². The summed E-state index contributed by atoms with van der Waals surface area (Å²) in [7, 11) is 0. The number of ether oxygens (including phenoxy) is 2. The Bertz CT molecular complexity index is 540. The molecule has 6 nitrogen and oxygen atoms in total. The maximum absolute atomic E-state index is 12.2. The molecule has 1 amide bonds. The lowest BCUT2D eigenvalue weighted by molar-refractivity contribution is 0.0941. The van der Waals surface area contributed by atoms with Crippen LogP contribution in [0.3, 0.4) is 0 Å². The van der Waals surface area contributed by atoms with Crippen LogP contribution < -0.4 is 20.5 Å². The molecule has 0 bridgehead atoms. The maximum Gasteiger partial charge on any atom is 0.253 e. The first-order valence-electron chi connectivity index (χ1n) is 6.72. The lowest BCUT2D eigenvalue weighted by Crippen LogP contribution is -2.31. The van der Waals surface area contributed by atoms with Gasteiger partial charge in [-0.1, -0.05) is 0 Å². The zero-order valence-corrected chi connectivity index (χ0v) is 11.1. The van der Waals surface area contributed by atoms with Crippen LogP contribution in [0.15, 0.2) is 12.1 Å². The average Bonchev–Trinajstić information content (AvgIpc) is 3.04. The predicted molar refractivity (Wildman–Crippen MR) is 72.7 cm³/mol. The third kappa shape index (κ3) is 2.38. The summed E-state index contributed by atoms with van der Waals surface area (Å²) >= 11 is 0. The van der Waals surface area contributed by atoms with Crippen LogP contribution in [0.4, 0.5) is 5.69 Å². The van der Waals surface area contributed by atoms with Crippen LogP contribution in [0.25, 0.3) is 0 Å². The van der Waals surface area contributed by atoms with Gasteiger partial charge in [-0.2, -0.15) is 0 Å². The third-order valence-electron chi connectivity index (χ3n) is 4.01. The van der Waals surface area contributed by atoms with Crippen molar-refractivity contribution in [3.05, 3.63) is 17.7 Å². The minimum atomic E-state index is -0.218. The smallest absolute Gasteiger partial charge is 0.253 e. The normalized spacial score (nSPS) is 17.9.